The zero-order valence-electron chi connectivity index (χ0n) is 6.23. The van der Waals surface area contributed by atoms with Crippen molar-refractivity contribution in [3.63, 3.8) is 0 Å². The van der Waals surface area contributed by atoms with Crippen molar-refractivity contribution in [3.05, 3.63) is 0 Å². The van der Waals surface area contributed by atoms with Crippen LogP contribution in [0.2, 0.25) is 0 Å². The molecular formula is C5H13N5. The minimum absolute atomic E-state index is 0.188. The number of rotatable bonds is 2. The number of hydrogen-bond acceptors (Lipinski definition) is 3. The molecule has 0 aromatic carbocycles. The fourth-order valence-electron chi connectivity index (χ4n) is 0.518. The van der Waals surface area contributed by atoms with E-state index in [4.69, 9.17) is 16.6 Å². The molecule has 0 atom stereocenters. The van der Waals surface area contributed by atoms with E-state index in [1.165, 1.54) is 0 Å². The van der Waals surface area contributed by atoms with Gasteiger partial charge in [0, 0.05) is 0 Å². The van der Waals surface area contributed by atoms with Crippen LogP contribution in [0.15, 0.2) is 0 Å². The fourth-order valence-corrected chi connectivity index (χ4v) is 0.518. The number of likely N-dealkylation sites (N-methyl/N-ethyl adjacent to an activating group) is 1. The number of nitrogens with zero attached hydrogens (tertiary/aromatic N) is 1. The topological polar surface area (TPSA) is 89.0 Å². The van der Waals surface area contributed by atoms with Crippen LogP contribution in [0, 0.1) is 10.8 Å². The van der Waals surface area contributed by atoms with E-state index in [1.54, 1.807) is 0 Å². The molecule has 58 valence electrons. The Hall–Kier alpha value is -1.10. The van der Waals surface area contributed by atoms with Crippen LogP contribution < -0.4 is 11.1 Å². The highest BCUT2D eigenvalue weighted by atomic mass is 15.1. The highest BCUT2D eigenvalue weighted by Gasteiger charge is 1.97. The third kappa shape index (κ3) is 5.04. The van der Waals surface area contributed by atoms with Crippen molar-refractivity contribution in [3.8, 4) is 0 Å². The van der Waals surface area contributed by atoms with Crippen molar-refractivity contribution >= 4 is 11.8 Å². The minimum atomic E-state index is -0.188. The molecule has 5 heteroatoms. The monoisotopic (exact) mass is 143 g/mol. The Bertz CT molecular complexity index is 139. The Morgan fingerprint density at radius 1 is 1.50 bits per heavy atom. The van der Waals surface area contributed by atoms with Crippen molar-refractivity contribution in [2.75, 3.05) is 20.6 Å². The summed E-state index contributed by atoms with van der Waals surface area (Å²) < 4.78 is 0. The van der Waals surface area contributed by atoms with Gasteiger partial charge < -0.3 is 16.0 Å². The second kappa shape index (κ2) is 3.84. The molecule has 0 radical (unpaired) electrons. The molecule has 0 aromatic heterocycles. The van der Waals surface area contributed by atoms with E-state index in [2.05, 4.69) is 5.32 Å². The van der Waals surface area contributed by atoms with Crippen molar-refractivity contribution in [2.24, 2.45) is 5.73 Å². The summed E-state index contributed by atoms with van der Waals surface area (Å²) in [5.41, 5.74) is 4.98. The van der Waals surface area contributed by atoms with Gasteiger partial charge in [-0.3, -0.25) is 10.8 Å². The lowest BCUT2D eigenvalue weighted by atomic mass is 10.5. The van der Waals surface area contributed by atoms with Gasteiger partial charge in [0.25, 0.3) is 0 Å². The predicted octanol–water partition coefficient (Wildman–Crippen LogP) is -0.992. The lowest BCUT2D eigenvalue weighted by molar-refractivity contribution is 0.466. The smallest absolute Gasteiger partial charge is 0.191 e. The van der Waals surface area contributed by atoms with E-state index in [1.807, 2.05) is 19.0 Å². The molecule has 0 aliphatic rings. The number of guanidine groups is 1. The molecule has 0 fully saturated rings. The zero-order chi connectivity index (χ0) is 8.15. The van der Waals surface area contributed by atoms with E-state index in [0.29, 0.717) is 6.54 Å². The van der Waals surface area contributed by atoms with E-state index >= 15 is 0 Å². The summed E-state index contributed by atoms with van der Waals surface area (Å²) >= 11 is 0. The van der Waals surface area contributed by atoms with Gasteiger partial charge in [-0.05, 0) is 14.1 Å². The van der Waals surface area contributed by atoms with Gasteiger partial charge in [0.15, 0.2) is 5.96 Å². The molecular weight excluding hydrogens is 130 g/mol. The molecule has 10 heavy (non-hydrogen) atoms. The van der Waals surface area contributed by atoms with Crippen molar-refractivity contribution in [1.82, 2.24) is 10.2 Å². The summed E-state index contributed by atoms with van der Waals surface area (Å²) in [7, 11) is 3.69. The van der Waals surface area contributed by atoms with Crippen LogP contribution in [-0.2, 0) is 0 Å². The molecule has 0 unspecified atom stereocenters. The largest absolute Gasteiger partial charge is 0.370 e. The Morgan fingerprint density at radius 2 is 2.00 bits per heavy atom. The summed E-state index contributed by atoms with van der Waals surface area (Å²) in [4.78, 5) is 1.82. The Kier molecular flexibility index (Phi) is 3.42. The molecule has 5 N–H and O–H groups in total. The number of nitrogens with one attached hydrogen (secondary N) is 3. The van der Waals surface area contributed by atoms with Gasteiger partial charge in [-0.15, -0.1) is 0 Å². The van der Waals surface area contributed by atoms with E-state index in [0.717, 1.165) is 0 Å². The van der Waals surface area contributed by atoms with Gasteiger partial charge in [-0.1, -0.05) is 0 Å². The molecule has 0 spiro atoms. The quantitative estimate of drug-likeness (QED) is 0.295. The van der Waals surface area contributed by atoms with Crippen molar-refractivity contribution in [1.29, 1.82) is 10.8 Å². The lowest BCUT2D eigenvalue weighted by Gasteiger charge is -2.10. The van der Waals surface area contributed by atoms with Gasteiger partial charge in [0.2, 0.25) is 0 Å². The van der Waals surface area contributed by atoms with Crippen LogP contribution in [0.3, 0.4) is 0 Å². The normalized spacial score (nSPS) is 9.50. The summed E-state index contributed by atoms with van der Waals surface area (Å²) in [5, 5.41) is 16.3. The summed E-state index contributed by atoms with van der Waals surface area (Å²) in [6, 6.07) is 0. The Labute approximate surface area is 60.2 Å². The zero-order valence-corrected chi connectivity index (χ0v) is 6.23. The highest BCUT2D eigenvalue weighted by Crippen LogP contribution is 1.72. The maximum Gasteiger partial charge on any atom is 0.191 e. The number of nitrogens with two attached hydrogens (primary N) is 1. The van der Waals surface area contributed by atoms with Crippen LogP contribution >= 0.6 is 0 Å². The first-order valence-electron chi connectivity index (χ1n) is 2.85. The second-order valence-electron chi connectivity index (χ2n) is 2.26. The van der Waals surface area contributed by atoms with Crippen molar-refractivity contribution in [2.45, 2.75) is 0 Å². The molecule has 0 bridgehead atoms. The maximum atomic E-state index is 7.18. The molecule has 5 nitrogen and oxygen atoms in total. The average Bonchev–Trinajstić information content (AvgIpc) is 1.58. The molecule has 0 aromatic rings. The maximum absolute atomic E-state index is 7.18. The van der Waals surface area contributed by atoms with Crippen molar-refractivity contribution < 1.29 is 0 Å². The van der Waals surface area contributed by atoms with Gasteiger partial charge in [0.05, 0.1) is 6.54 Å². The molecule has 0 rings (SSSR count). The third-order valence-electron chi connectivity index (χ3n) is 0.760. The van der Waals surface area contributed by atoms with E-state index < -0.39 is 0 Å². The molecule has 0 amide bonds. The summed E-state index contributed by atoms with van der Waals surface area (Å²) in [5.74, 6) is 0.0457. The highest BCUT2D eigenvalue weighted by molar-refractivity contribution is 5.96. The lowest BCUT2D eigenvalue weighted by Crippen LogP contribution is -2.40. The SMILES string of the molecule is CN(C)CC(=N)NC(=N)N. The predicted molar refractivity (Wildman–Crippen MR) is 41.3 cm³/mol. The Morgan fingerprint density at radius 3 is 2.30 bits per heavy atom. The molecule has 0 saturated carbocycles. The summed E-state index contributed by atoms with van der Waals surface area (Å²) in [6.45, 7) is 0.472. The first-order chi connectivity index (χ1) is 4.52. The fraction of sp³-hybridized carbons (Fsp3) is 0.600. The summed E-state index contributed by atoms with van der Waals surface area (Å²) in [6.07, 6.45) is 0. The molecule has 0 heterocycles. The van der Waals surface area contributed by atoms with Crippen LogP contribution in [0.5, 0.6) is 0 Å². The van der Waals surface area contributed by atoms with Gasteiger partial charge in [0.1, 0.15) is 5.84 Å². The van der Waals surface area contributed by atoms with Crippen LogP contribution in [0.25, 0.3) is 0 Å². The third-order valence-corrected chi connectivity index (χ3v) is 0.760. The van der Waals surface area contributed by atoms with Crippen LogP contribution in [0.4, 0.5) is 0 Å². The number of amidine groups is 1. The average molecular weight is 143 g/mol. The van der Waals surface area contributed by atoms with Gasteiger partial charge in [-0.2, -0.15) is 0 Å². The van der Waals surface area contributed by atoms with Crippen LogP contribution in [-0.4, -0.2) is 37.3 Å². The second-order valence-corrected chi connectivity index (χ2v) is 2.26. The standard InChI is InChI=1S/C5H13N5/c1-10(2)3-4(6)9-5(7)8/h3H2,1-2H3,(H5,6,7,8,9). The van der Waals surface area contributed by atoms with E-state index in [9.17, 15) is 0 Å². The minimum Gasteiger partial charge on any atom is -0.370 e. The molecule has 0 saturated heterocycles. The molecule has 0 aliphatic heterocycles. The first-order valence-corrected chi connectivity index (χ1v) is 2.85. The van der Waals surface area contributed by atoms with Gasteiger partial charge >= 0.3 is 0 Å². The van der Waals surface area contributed by atoms with Gasteiger partial charge in [-0.25, -0.2) is 0 Å². The van der Waals surface area contributed by atoms with Crippen LogP contribution in [0.1, 0.15) is 0 Å². The van der Waals surface area contributed by atoms with E-state index in [-0.39, 0.29) is 11.8 Å². The number of hydrogen-bond donors (Lipinski definition) is 4. The Balaban J connectivity index is 3.54. The molecule has 0 aliphatic carbocycles. The first kappa shape index (κ1) is 8.90.